The highest BCUT2D eigenvalue weighted by molar-refractivity contribution is 6.31. The minimum Gasteiger partial charge on any atom is -0.394 e. The van der Waals surface area contributed by atoms with Crippen LogP contribution in [0.5, 0.6) is 0 Å². The zero-order valence-corrected chi connectivity index (χ0v) is 14.9. The molecule has 27 heavy (non-hydrogen) atoms. The number of H-pyrrole nitrogens is 1. The second-order valence-corrected chi connectivity index (χ2v) is 6.54. The largest absolute Gasteiger partial charge is 0.394 e. The minimum atomic E-state index is -1.44. The van der Waals surface area contributed by atoms with E-state index in [1.807, 2.05) is 0 Å². The van der Waals surface area contributed by atoms with Crippen molar-refractivity contribution in [1.82, 2.24) is 9.55 Å². The van der Waals surface area contributed by atoms with E-state index in [-0.39, 0.29) is 18.8 Å². The molecule has 1 aliphatic heterocycles. The number of hydrogen-bond donors (Lipinski definition) is 4. The molecule has 0 radical (unpaired) electrons. The molecule has 2 heterocycles. The molecular formula is C17H19ClN2O7. The van der Waals surface area contributed by atoms with E-state index in [1.54, 1.807) is 24.3 Å². The Morgan fingerprint density at radius 3 is 2.52 bits per heavy atom. The highest BCUT2D eigenvalue weighted by Crippen LogP contribution is 2.28. The van der Waals surface area contributed by atoms with Crippen molar-refractivity contribution in [2.75, 3.05) is 6.61 Å². The number of aromatic nitrogens is 2. The molecule has 1 aliphatic rings. The van der Waals surface area contributed by atoms with Gasteiger partial charge in [-0.2, -0.15) is 0 Å². The zero-order valence-electron chi connectivity index (χ0n) is 14.1. The molecule has 3 rings (SSSR count). The predicted octanol–water partition coefficient (Wildman–Crippen LogP) is -0.482. The summed E-state index contributed by atoms with van der Waals surface area (Å²) >= 11 is 6.04. The lowest BCUT2D eigenvalue weighted by molar-refractivity contribution is -0.0553. The first kappa shape index (κ1) is 19.7. The summed E-state index contributed by atoms with van der Waals surface area (Å²) in [6.45, 7) is -0.484. The van der Waals surface area contributed by atoms with Crippen molar-refractivity contribution in [1.29, 1.82) is 0 Å². The maximum atomic E-state index is 12.1. The Morgan fingerprint density at radius 1 is 1.15 bits per heavy atom. The summed E-state index contributed by atoms with van der Waals surface area (Å²) in [6.07, 6.45) is -3.89. The van der Waals surface area contributed by atoms with Crippen molar-refractivity contribution in [2.45, 2.75) is 37.8 Å². The van der Waals surface area contributed by atoms with Crippen molar-refractivity contribution >= 4 is 11.6 Å². The van der Waals surface area contributed by atoms with Gasteiger partial charge in [0.05, 0.1) is 25.4 Å². The average Bonchev–Trinajstić information content (AvgIpc) is 2.93. The fraction of sp³-hybridized carbons (Fsp3) is 0.412. The standard InChI is InChI=1S/C17H19ClN2O7/c18-11-4-2-1-3-9(11)7-26-8-10-5-20(17(25)19-15(10)24)16-14(23)13(22)12(6-21)27-16/h1-5,12-14,16,21-23H,6-8H2,(H,19,24,25)/t12-,13-,14-,16-/m1/s1. The van der Waals surface area contributed by atoms with Crippen molar-refractivity contribution in [3.8, 4) is 0 Å². The van der Waals surface area contributed by atoms with Gasteiger partial charge in [-0.05, 0) is 11.6 Å². The summed E-state index contributed by atoms with van der Waals surface area (Å²) in [5, 5.41) is 29.6. The maximum absolute atomic E-state index is 12.1. The monoisotopic (exact) mass is 398 g/mol. The number of aromatic amines is 1. The quantitative estimate of drug-likeness (QED) is 0.516. The molecule has 9 nitrogen and oxygen atoms in total. The molecule has 4 N–H and O–H groups in total. The molecule has 0 spiro atoms. The Labute approximate surface area is 158 Å². The minimum absolute atomic E-state index is 0.115. The number of rotatable bonds is 6. The van der Waals surface area contributed by atoms with Crippen LogP contribution in [-0.2, 0) is 22.7 Å². The first-order valence-electron chi connectivity index (χ1n) is 8.20. The first-order chi connectivity index (χ1) is 12.9. The summed E-state index contributed by atoms with van der Waals surface area (Å²) < 4.78 is 11.8. The molecule has 0 aliphatic carbocycles. The van der Waals surface area contributed by atoms with E-state index in [0.717, 1.165) is 10.1 Å². The Balaban J connectivity index is 1.77. The van der Waals surface area contributed by atoms with Gasteiger partial charge in [0.1, 0.15) is 18.3 Å². The van der Waals surface area contributed by atoms with Crippen LogP contribution in [0.15, 0.2) is 40.1 Å². The van der Waals surface area contributed by atoms with Crippen LogP contribution in [-0.4, -0.2) is 49.8 Å². The third kappa shape index (κ3) is 4.13. The van der Waals surface area contributed by atoms with Crippen LogP contribution in [0.2, 0.25) is 5.02 Å². The lowest BCUT2D eigenvalue weighted by atomic mass is 10.1. The zero-order chi connectivity index (χ0) is 19.6. The Bertz CT molecular complexity index is 913. The number of aliphatic hydroxyl groups is 3. The molecule has 1 aromatic heterocycles. The van der Waals surface area contributed by atoms with Gasteiger partial charge < -0.3 is 24.8 Å². The number of nitrogens with zero attached hydrogens (tertiary/aromatic N) is 1. The van der Waals surface area contributed by atoms with Gasteiger partial charge in [-0.3, -0.25) is 14.3 Å². The molecule has 2 aromatic rings. The van der Waals surface area contributed by atoms with E-state index in [1.165, 1.54) is 6.20 Å². The summed E-state index contributed by atoms with van der Waals surface area (Å²) in [5.74, 6) is 0. The first-order valence-corrected chi connectivity index (χ1v) is 8.58. The predicted molar refractivity (Wildman–Crippen MR) is 94.3 cm³/mol. The fourth-order valence-electron chi connectivity index (χ4n) is 2.82. The van der Waals surface area contributed by atoms with Crippen LogP contribution in [0.4, 0.5) is 0 Å². The highest BCUT2D eigenvalue weighted by atomic mass is 35.5. The van der Waals surface area contributed by atoms with E-state index in [2.05, 4.69) is 4.98 Å². The van der Waals surface area contributed by atoms with Crippen LogP contribution in [0.1, 0.15) is 17.4 Å². The van der Waals surface area contributed by atoms with Gasteiger partial charge in [-0.15, -0.1) is 0 Å². The molecule has 1 fully saturated rings. The topological polar surface area (TPSA) is 134 Å². The number of aliphatic hydroxyl groups excluding tert-OH is 3. The van der Waals surface area contributed by atoms with E-state index >= 15 is 0 Å². The highest BCUT2D eigenvalue weighted by Gasteiger charge is 2.43. The summed E-state index contributed by atoms with van der Waals surface area (Å²) in [4.78, 5) is 26.2. The third-order valence-electron chi connectivity index (χ3n) is 4.31. The van der Waals surface area contributed by atoms with Crippen LogP contribution in [0.25, 0.3) is 0 Å². The van der Waals surface area contributed by atoms with E-state index < -0.39 is 42.4 Å². The van der Waals surface area contributed by atoms with Gasteiger partial charge >= 0.3 is 5.69 Å². The van der Waals surface area contributed by atoms with Crippen LogP contribution in [0, 0.1) is 0 Å². The lowest BCUT2D eigenvalue weighted by Crippen LogP contribution is -2.39. The molecule has 0 unspecified atom stereocenters. The molecule has 0 saturated carbocycles. The summed E-state index contributed by atoms with van der Waals surface area (Å²) in [7, 11) is 0. The van der Waals surface area contributed by atoms with Gasteiger partial charge in [0, 0.05) is 11.2 Å². The molecule has 0 bridgehead atoms. The smallest absolute Gasteiger partial charge is 0.330 e. The lowest BCUT2D eigenvalue weighted by Gasteiger charge is -2.18. The molecular weight excluding hydrogens is 380 g/mol. The number of halogens is 1. The van der Waals surface area contributed by atoms with Gasteiger partial charge in [0.2, 0.25) is 0 Å². The van der Waals surface area contributed by atoms with E-state index in [0.29, 0.717) is 5.02 Å². The molecule has 0 amide bonds. The normalized spacial score (nSPS) is 25.0. The average molecular weight is 399 g/mol. The van der Waals surface area contributed by atoms with E-state index in [9.17, 15) is 19.8 Å². The van der Waals surface area contributed by atoms with Crippen LogP contribution >= 0.6 is 11.6 Å². The summed E-state index contributed by atoms with van der Waals surface area (Å²) in [6, 6.07) is 7.09. The van der Waals surface area contributed by atoms with Crippen molar-refractivity contribution in [3.05, 3.63) is 67.4 Å². The van der Waals surface area contributed by atoms with Crippen molar-refractivity contribution in [3.63, 3.8) is 0 Å². The van der Waals surface area contributed by atoms with Gasteiger partial charge in [0.25, 0.3) is 5.56 Å². The number of hydrogen-bond acceptors (Lipinski definition) is 7. The Hall–Kier alpha value is -2.01. The van der Waals surface area contributed by atoms with Crippen LogP contribution < -0.4 is 11.2 Å². The molecule has 1 saturated heterocycles. The van der Waals surface area contributed by atoms with Gasteiger partial charge in [-0.25, -0.2) is 4.79 Å². The molecule has 10 heteroatoms. The third-order valence-corrected chi connectivity index (χ3v) is 4.67. The van der Waals surface area contributed by atoms with Gasteiger partial charge in [-0.1, -0.05) is 29.8 Å². The molecule has 1 aromatic carbocycles. The van der Waals surface area contributed by atoms with Gasteiger partial charge in [0.15, 0.2) is 6.23 Å². The number of ether oxygens (including phenoxy) is 2. The Morgan fingerprint density at radius 2 is 1.85 bits per heavy atom. The second-order valence-electron chi connectivity index (χ2n) is 6.13. The molecule has 146 valence electrons. The second kappa shape index (κ2) is 8.34. The van der Waals surface area contributed by atoms with Crippen LogP contribution in [0.3, 0.4) is 0 Å². The van der Waals surface area contributed by atoms with E-state index in [4.69, 9.17) is 26.2 Å². The molecule has 4 atom stereocenters. The SMILES string of the molecule is O=c1[nH]c(=O)n([C@@H]2O[C@H](CO)[C@@H](O)[C@H]2O)cc1COCc1ccccc1Cl. The van der Waals surface area contributed by atoms with Crippen molar-refractivity contribution in [2.24, 2.45) is 0 Å². The summed E-state index contributed by atoms with van der Waals surface area (Å²) in [5.41, 5.74) is -0.585. The van der Waals surface area contributed by atoms with Crippen molar-refractivity contribution < 1.29 is 24.8 Å². The maximum Gasteiger partial charge on any atom is 0.330 e. The number of nitrogens with one attached hydrogen (secondary N) is 1. The fourth-order valence-corrected chi connectivity index (χ4v) is 3.01. The number of benzene rings is 1. The Kier molecular flexibility index (Phi) is 6.10.